The third-order valence-electron chi connectivity index (χ3n) is 12.4. The maximum absolute atomic E-state index is 13.9. The van der Waals surface area contributed by atoms with E-state index in [9.17, 15) is 39.6 Å². The smallest absolute Gasteiger partial charge is 0.316 e. The Morgan fingerprint density at radius 3 is 2.21 bits per heavy atom. The molecular formula is C42H53NO15. The van der Waals surface area contributed by atoms with E-state index >= 15 is 0 Å². The highest BCUT2D eigenvalue weighted by Crippen LogP contribution is 2.54. The van der Waals surface area contributed by atoms with E-state index in [0.29, 0.717) is 12.8 Å². The molecular weight excluding hydrogens is 758 g/mol. The number of nitrogens with zero attached hydrogens (tertiary/aromatic N) is 1. The summed E-state index contributed by atoms with van der Waals surface area (Å²) in [7, 11) is 4.91. The van der Waals surface area contributed by atoms with Gasteiger partial charge in [-0.3, -0.25) is 19.2 Å². The molecule has 16 heteroatoms. The molecule has 0 amide bonds. The second-order valence-corrected chi connectivity index (χ2v) is 16.3. The maximum Gasteiger partial charge on any atom is 0.316 e. The van der Waals surface area contributed by atoms with E-state index in [0.717, 1.165) is 0 Å². The number of aromatic hydroxyl groups is 2. The van der Waals surface area contributed by atoms with E-state index in [-0.39, 0.29) is 70.9 Å². The number of methoxy groups -OCH3 is 1. The molecule has 3 heterocycles. The van der Waals surface area contributed by atoms with Crippen molar-refractivity contribution in [3.63, 3.8) is 0 Å². The van der Waals surface area contributed by atoms with E-state index in [2.05, 4.69) is 0 Å². The monoisotopic (exact) mass is 811 g/mol. The molecule has 3 fully saturated rings. The number of phenols is 2. The standard InChI is InChI=1S/C42H53NO15/c1-8-42(51)17-28(33-22(35(42)41(50)52-7)14-23-34(38(33)49)37(48)32-21(36(23)47)10-9-11-26(32)45)56-30-15-24(43(5)6)39(19(3)54-30)58-31-16-27(46)40(20(4)55-31)57-29-13-12-25(44)18(2)53-29/h9-11,14,18-20,24,27-31,35,39-40,45-46,49,51H,8,12-13,15-17H2,1-7H3/t18-,19-,20-,24+,27-,28+,29+,30+,31+,35-,39+,40+,42-/m1/s1. The highest BCUT2D eigenvalue weighted by atomic mass is 16.7. The number of likely N-dealkylation sites (N-methyl/N-ethyl adjacent to an activating group) is 1. The summed E-state index contributed by atoms with van der Waals surface area (Å²) in [5.74, 6) is -4.59. The molecule has 58 heavy (non-hydrogen) atoms. The quantitative estimate of drug-likeness (QED) is 0.228. The van der Waals surface area contributed by atoms with Gasteiger partial charge >= 0.3 is 5.97 Å². The number of hydrogen-bond acceptors (Lipinski definition) is 16. The van der Waals surface area contributed by atoms with Gasteiger partial charge in [-0.15, -0.1) is 0 Å². The minimum atomic E-state index is -1.76. The van der Waals surface area contributed by atoms with E-state index < -0.39 is 102 Å². The fourth-order valence-corrected chi connectivity index (χ4v) is 9.27. The number of esters is 1. The first-order valence-electron chi connectivity index (χ1n) is 19.9. The van der Waals surface area contributed by atoms with Crippen LogP contribution in [0.5, 0.6) is 11.5 Å². The summed E-state index contributed by atoms with van der Waals surface area (Å²) in [6, 6.07) is 5.11. The van der Waals surface area contributed by atoms with Crippen molar-refractivity contribution < 1.29 is 72.8 Å². The van der Waals surface area contributed by atoms with Crippen LogP contribution in [-0.2, 0) is 42.7 Å². The van der Waals surface area contributed by atoms with Gasteiger partial charge in [-0.25, -0.2) is 0 Å². The molecule has 3 aliphatic heterocycles. The molecule has 7 rings (SSSR count). The van der Waals surface area contributed by atoms with Crippen molar-refractivity contribution >= 4 is 23.3 Å². The van der Waals surface area contributed by atoms with E-state index in [1.165, 1.54) is 31.4 Å². The lowest BCUT2D eigenvalue weighted by atomic mass is 9.67. The van der Waals surface area contributed by atoms with Crippen LogP contribution in [0.1, 0.15) is 121 Å². The number of phenolic OH excluding ortho intramolecular Hbond substituents is 2. The van der Waals surface area contributed by atoms with Crippen LogP contribution in [0.2, 0.25) is 0 Å². The van der Waals surface area contributed by atoms with Crippen molar-refractivity contribution in [2.75, 3.05) is 21.2 Å². The number of ether oxygens (including phenoxy) is 7. The highest BCUT2D eigenvalue weighted by molar-refractivity contribution is 6.30. The maximum atomic E-state index is 13.9. The molecule has 3 saturated heterocycles. The Morgan fingerprint density at radius 2 is 1.57 bits per heavy atom. The Morgan fingerprint density at radius 1 is 0.897 bits per heavy atom. The number of carbonyl (C=O) groups excluding carboxylic acids is 4. The zero-order chi connectivity index (χ0) is 42.0. The number of aliphatic hydroxyl groups is 2. The third kappa shape index (κ3) is 7.47. The van der Waals surface area contributed by atoms with Gasteiger partial charge in [0.1, 0.15) is 35.7 Å². The minimum Gasteiger partial charge on any atom is -0.507 e. The number of ketones is 3. The Balaban J connectivity index is 1.13. The van der Waals surface area contributed by atoms with E-state index in [1.54, 1.807) is 27.7 Å². The number of hydrogen-bond donors (Lipinski definition) is 4. The molecule has 2 aromatic carbocycles. The fourth-order valence-electron chi connectivity index (χ4n) is 9.27. The first-order chi connectivity index (χ1) is 27.5. The summed E-state index contributed by atoms with van der Waals surface area (Å²) in [6.45, 7) is 6.95. The van der Waals surface area contributed by atoms with Crippen LogP contribution in [0.15, 0.2) is 24.3 Å². The molecule has 316 valence electrons. The number of aliphatic hydroxyl groups excluding tert-OH is 1. The van der Waals surface area contributed by atoms with Crippen LogP contribution < -0.4 is 0 Å². The zero-order valence-electron chi connectivity index (χ0n) is 33.7. The lowest BCUT2D eigenvalue weighted by Crippen LogP contribution is -2.58. The average molecular weight is 812 g/mol. The molecule has 5 aliphatic rings. The van der Waals surface area contributed by atoms with Crippen molar-refractivity contribution in [2.24, 2.45) is 0 Å². The Labute approximate surface area is 336 Å². The molecule has 0 radical (unpaired) electrons. The van der Waals surface area contributed by atoms with Crippen molar-refractivity contribution in [3.05, 3.63) is 57.6 Å². The van der Waals surface area contributed by atoms with Crippen molar-refractivity contribution in [2.45, 2.75) is 145 Å². The fraction of sp³-hybridized carbons (Fsp3) is 0.619. The van der Waals surface area contributed by atoms with Gasteiger partial charge in [0.15, 0.2) is 30.4 Å². The van der Waals surface area contributed by atoms with Crippen LogP contribution in [0.3, 0.4) is 0 Å². The Hall–Kier alpha value is -3.84. The number of Topliss-reactive ketones (excluding diaryl/α,β-unsaturated/α-hetero) is 1. The molecule has 2 aromatic rings. The molecule has 0 spiro atoms. The summed E-state index contributed by atoms with van der Waals surface area (Å²) < 4.78 is 42.6. The van der Waals surface area contributed by atoms with Crippen LogP contribution in [0.25, 0.3) is 0 Å². The zero-order valence-corrected chi connectivity index (χ0v) is 33.7. The Bertz CT molecular complexity index is 1940. The van der Waals surface area contributed by atoms with Gasteiger partial charge in [0.05, 0.1) is 48.3 Å². The lowest BCUT2D eigenvalue weighted by Gasteiger charge is -2.48. The largest absolute Gasteiger partial charge is 0.507 e. The van der Waals surface area contributed by atoms with Gasteiger partial charge in [-0.2, -0.15) is 0 Å². The summed E-state index contributed by atoms with van der Waals surface area (Å²) in [5, 5.41) is 45.9. The summed E-state index contributed by atoms with van der Waals surface area (Å²) in [6.07, 6.45) is -6.64. The highest BCUT2D eigenvalue weighted by Gasteiger charge is 2.53. The number of benzene rings is 2. The van der Waals surface area contributed by atoms with Gasteiger partial charge in [0, 0.05) is 54.8 Å². The number of carbonyl (C=O) groups is 4. The minimum absolute atomic E-state index is 0.00573. The van der Waals surface area contributed by atoms with Crippen LogP contribution in [0, 0.1) is 0 Å². The third-order valence-corrected chi connectivity index (χ3v) is 12.4. The molecule has 4 N–H and O–H groups in total. The average Bonchev–Trinajstić information content (AvgIpc) is 3.17. The number of fused-ring (bicyclic) bond motifs is 3. The first-order valence-corrected chi connectivity index (χ1v) is 19.9. The second-order valence-electron chi connectivity index (χ2n) is 16.3. The summed E-state index contributed by atoms with van der Waals surface area (Å²) >= 11 is 0. The van der Waals surface area contributed by atoms with Gasteiger partial charge < -0.3 is 58.5 Å². The number of rotatable bonds is 9. The molecule has 0 saturated carbocycles. The van der Waals surface area contributed by atoms with Crippen LogP contribution in [0.4, 0.5) is 0 Å². The Kier molecular flexibility index (Phi) is 11.9. The van der Waals surface area contributed by atoms with Crippen molar-refractivity contribution in [3.8, 4) is 11.5 Å². The van der Waals surface area contributed by atoms with Gasteiger partial charge in [-0.05, 0) is 59.0 Å². The van der Waals surface area contributed by atoms with Gasteiger partial charge in [0.25, 0.3) is 0 Å². The predicted molar refractivity (Wildman–Crippen MR) is 201 cm³/mol. The van der Waals surface area contributed by atoms with Crippen LogP contribution >= 0.6 is 0 Å². The summed E-state index contributed by atoms with van der Waals surface area (Å²) in [4.78, 5) is 55.0. The van der Waals surface area contributed by atoms with E-state index in [4.69, 9.17) is 33.2 Å². The lowest BCUT2D eigenvalue weighted by molar-refractivity contribution is -0.324. The van der Waals surface area contributed by atoms with E-state index in [1.807, 2.05) is 19.0 Å². The SMILES string of the molecule is CC[C@@]1(O)C[C@H](O[C@H]2C[C@H](N(C)C)[C@@H](O[C@H]3C[C@@H](O)[C@@H](O[C@H]4CCC(=O)[C@@H](C)O4)[C@@H](C)O3)[C@@H](C)O2)c2c(cc3c(c2O)C(=O)c2c(O)cccc2C3=O)[C@@H]1C(=O)OC. The van der Waals surface area contributed by atoms with Gasteiger partial charge in [0.2, 0.25) is 5.78 Å². The summed E-state index contributed by atoms with van der Waals surface area (Å²) in [5.41, 5.74) is -2.49. The van der Waals surface area contributed by atoms with Crippen molar-refractivity contribution in [1.29, 1.82) is 0 Å². The molecule has 0 unspecified atom stereocenters. The van der Waals surface area contributed by atoms with Gasteiger partial charge in [-0.1, -0.05) is 19.1 Å². The first kappa shape index (κ1) is 42.3. The van der Waals surface area contributed by atoms with Crippen LogP contribution in [-0.4, -0.2) is 137 Å². The second kappa shape index (κ2) is 16.3. The molecule has 16 nitrogen and oxygen atoms in total. The predicted octanol–water partition coefficient (Wildman–Crippen LogP) is 3.16. The topological polar surface area (TPSA) is 217 Å². The molecule has 0 aromatic heterocycles. The van der Waals surface area contributed by atoms with Crippen molar-refractivity contribution in [1.82, 2.24) is 4.90 Å². The normalized spacial score (nSPS) is 36.3. The molecule has 2 aliphatic carbocycles. The molecule has 0 bridgehead atoms. The molecule has 13 atom stereocenters.